The molecule has 158 valence electrons. The monoisotopic (exact) mass is 420 g/mol. The van der Waals surface area contributed by atoms with Crippen molar-refractivity contribution in [3.8, 4) is 0 Å². The normalized spacial score (nSPS) is 11.2. The van der Waals surface area contributed by atoms with E-state index in [1.807, 2.05) is 25.1 Å². The van der Waals surface area contributed by atoms with E-state index in [4.69, 9.17) is 0 Å². The van der Waals surface area contributed by atoms with Gasteiger partial charge in [0.25, 0.3) is 0 Å². The van der Waals surface area contributed by atoms with E-state index in [0.29, 0.717) is 17.7 Å². The van der Waals surface area contributed by atoms with E-state index >= 15 is 0 Å². The Balaban J connectivity index is 1.74. The first-order chi connectivity index (χ1) is 14.9. The molecule has 6 heteroatoms. The third-order valence-electron chi connectivity index (χ3n) is 5.33. The SMILES string of the molecule is Cc1ccc2c(CNCc3cccc(F)c3)c(C(=O)O)n(Cc3ccccc3F)c2c1. The molecule has 0 bridgehead atoms. The number of aryl methyl sites for hydroxylation is 1. The van der Waals surface area contributed by atoms with Crippen LogP contribution < -0.4 is 5.32 Å². The van der Waals surface area contributed by atoms with Gasteiger partial charge in [-0.25, -0.2) is 13.6 Å². The summed E-state index contributed by atoms with van der Waals surface area (Å²) >= 11 is 0. The molecule has 3 aromatic carbocycles. The van der Waals surface area contributed by atoms with Gasteiger partial charge in [-0.1, -0.05) is 42.5 Å². The number of aromatic nitrogens is 1. The van der Waals surface area contributed by atoms with Gasteiger partial charge >= 0.3 is 5.97 Å². The van der Waals surface area contributed by atoms with Gasteiger partial charge < -0.3 is 15.0 Å². The maximum atomic E-state index is 14.3. The Labute approximate surface area is 178 Å². The van der Waals surface area contributed by atoms with Crippen LogP contribution in [0.3, 0.4) is 0 Å². The molecule has 0 aliphatic heterocycles. The summed E-state index contributed by atoms with van der Waals surface area (Å²) in [5.41, 5.74) is 3.65. The average molecular weight is 420 g/mol. The first-order valence-electron chi connectivity index (χ1n) is 9.97. The van der Waals surface area contributed by atoms with Crippen LogP contribution in [-0.2, 0) is 19.6 Å². The van der Waals surface area contributed by atoms with Crippen molar-refractivity contribution in [1.29, 1.82) is 0 Å². The Morgan fingerprint density at radius 1 is 1.00 bits per heavy atom. The van der Waals surface area contributed by atoms with Crippen molar-refractivity contribution in [2.24, 2.45) is 0 Å². The number of carbonyl (C=O) groups is 1. The minimum Gasteiger partial charge on any atom is -0.477 e. The van der Waals surface area contributed by atoms with Crippen LogP contribution >= 0.6 is 0 Å². The van der Waals surface area contributed by atoms with Gasteiger partial charge in [-0.15, -0.1) is 0 Å². The minimum absolute atomic E-state index is 0.109. The third kappa shape index (κ3) is 4.34. The van der Waals surface area contributed by atoms with Gasteiger partial charge in [0.2, 0.25) is 0 Å². The predicted molar refractivity (Wildman–Crippen MR) is 116 cm³/mol. The molecule has 1 heterocycles. The molecule has 0 fully saturated rings. The summed E-state index contributed by atoms with van der Waals surface area (Å²) in [5.74, 6) is -1.77. The second-order valence-electron chi connectivity index (χ2n) is 7.56. The Morgan fingerprint density at radius 2 is 1.81 bits per heavy atom. The Morgan fingerprint density at radius 3 is 2.55 bits per heavy atom. The van der Waals surface area contributed by atoms with Gasteiger partial charge in [0.1, 0.15) is 17.3 Å². The highest BCUT2D eigenvalue weighted by atomic mass is 19.1. The lowest BCUT2D eigenvalue weighted by molar-refractivity contribution is 0.0684. The van der Waals surface area contributed by atoms with Crippen LogP contribution in [0.25, 0.3) is 10.9 Å². The van der Waals surface area contributed by atoms with E-state index in [1.165, 1.54) is 18.2 Å². The molecular formula is C25H22F2N2O2. The Hall–Kier alpha value is -3.51. The van der Waals surface area contributed by atoms with Crippen molar-refractivity contribution in [3.05, 3.63) is 106 Å². The molecule has 0 unspecified atom stereocenters. The fourth-order valence-corrected chi connectivity index (χ4v) is 3.89. The van der Waals surface area contributed by atoms with Crippen molar-refractivity contribution in [2.45, 2.75) is 26.6 Å². The molecular weight excluding hydrogens is 398 g/mol. The number of benzene rings is 3. The summed E-state index contributed by atoms with van der Waals surface area (Å²) in [6.45, 7) is 2.71. The molecule has 0 amide bonds. The van der Waals surface area contributed by atoms with Gasteiger partial charge in [0.05, 0.1) is 6.54 Å². The van der Waals surface area contributed by atoms with E-state index in [9.17, 15) is 18.7 Å². The van der Waals surface area contributed by atoms with Crippen LogP contribution in [0.5, 0.6) is 0 Å². The van der Waals surface area contributed by atoms with E-state index < -0.39 is 5.97 Å². The van der Waals surface area contributed by atoms with E-state index in [2.05, 4.69) is 5.32 Å². The van der Waals surface area contributed by atoms with Crippen LogP contribution in [-0.4, -0.2) is 15.6 Å². The van der Waals surface area contributed by atoms with E-state index in [0.717, 1.165) is 22.0 Å². The van der Waals surface area contributed by atoms with Crippen LogP contribution in [0.1, 0.15) is 32.7 Å². The van der Waals surface area contributed by atoms with Crippen LogP contribution in [0.4, 0.5) is 8.78 Å². The van der Waals surface area contributed by atoms with Crippen LogP contribution in [0, 0.1) is 18.6 Å². The molecule has 2 N–H and O–H groups in total. The second kappa shape index (κ2) is 8.70. The Bertz CT molecular complexity index is 1260. The second-order valence-corrected chi connectivity index (χ2v) is 7.56. The van der Waals surface area contributed by atoms with Crippen molar-refractivity contribution in [2.75, 3.05) is 0 Å². The van der Waals surface area contributed by atoms with E-state index in [-0.39, 0.29) is 30.4 Å². The molecule has 1 aromatic heterocycles. The van der Waals surface area contributed by atoms with Gasteiger partial charge in [0.15, 0.2) is 0 Å². The highest BCUT2D eigenvalue weighted by Gasteiger charge is 2.23. The van der Waals surface area contributed by atoms with Gasteiger partial charge in [-0.05, 0) is 42.3 Å². The number of halogens is 2. The number of carboxylic acid groups (broad SMARTS) is 1. The lowest BCUT2D eigenvalue weighted by Gasteiger charge is -2.11. The van der Waals surface area contributed by atoms with Crippen molar-refractivity contribution >= 4 is 16.9 Å². The summed E-state index contributed by atoms with van der Waals surface area (Å²) in [6, 6.07) is 18.4. The zero-order chi connectivity index (χ0) is 22.0. The summed E-state index contributed by atoms with van der Waals surface area (Å²) < 4.78 is 29.4. The molecule has 0 atom stereocenters. The topological polar surface area (TPSA) is 54.3 Å². The zero-order valence-electron chi connectivity index (χ0n) is 17.0. The van der Waals surface area contributed by atoms with E-state index in [1.54, 1.807) is 34.9 Å². The first-order valence-corrected chi connectivity index (χ1v) is 9.97. The molecule has 31 heavy (non-hydrogen) atoms. The number of hydrogen-bond acceptors (Lipinski definition) is 2. The highest BCUT2D eigenvalue weighted by molar-refractivity contribution is 5.98. The molecule has 4 nitrogen and oxygen atoms in total. The fraction of sp³-hybridized carbons (Fsp3) is 0.160. The van der Waals surface area contributed by atoms with Crippen molar-refractivity contribution < 1.29 is 18.7 Å². The maximum Gasteiger partial charge on any atom is 0.352 e. The fourth-order valence-electron chi connectivity index (χ4n) is 3.89. The molecule has 4 rings (SSSR count). The predicted octanol–water partition coefficient (Wildman–Crippen LogP) is 5.26. The number of aromatic carboxylic acids is 1. The van der Waals surface area contributed by atoms with Gasteiger partial charge in [-0.2, -0.15) is 0 Å². The van der Waals surface area contributed by atoms with Crippen LogP contribution in [0.2, 0.25) is 0 Å². The summed E-state index contributed by atoms with van der Waals surface area (Å²) in [6.07, 6.45) is 0. The number of nitrogens with zero attached hydrogens (tertiary/aromatic N) is 1. The van der Waals surface area contributed by atoms with Gasteiger partial charge in [0, 0.05) is 35.1 Å². The number of nitrogens with one attached hydrogen (secondary N) is 1. The molecule has 0 saturated carbocycles. The first kappa shape index (κ1) is 20.8. The molecule has 0 aliphatic rings. The average Bonchev–Trinajstić information content (AvgIpc) is 3.02. The quantitative estimate of drug-likeness (QED) is 0.429. The standard InChI is InChI=1S/C25H22F2N2O2/c1-16-9-10-20-21(14-28-13-17-5-4-7-19(26)12-17)24(25(30)31)29(23(20)11-16)15-18-6-2-3-8-22(18)27/h2-12,28H,13-15H2,1H3,(H,30,31). The molecule has 0 spiro atoms. The van der Waals surface area contributed by atoms with Crippen molar-refractivity contribution in [1.82, 2.24) is 9.88 Å². The molecule has 0 saturated heterocycles. The minimum atomic E-state index is -1.08. The third-order valence-corrected chi connectivity index (χ3v) is 5.33. The number of rotatable bonds is 7. The number of carboxylic acids is 1. The highest BCUT2D eigenvalue weighted by Crippen LogP contribution is 2.29. The lowest BCUT2D eigenvalue weighted by Crippen LogP contribution is -2.17. The maximum absolute atomic E-state index is 14.3. The van der Waals surface area contributed by atoms with Crippen molar-refractivity contribution in [3.63, 3.8) is 0 Å². The lowest BCUT2D eigenvalue weighted by atomic mass is 10.1. The number of fused-ring (bicyclic) bond motifs is 1. The summed E-state index contributed by atoms with van der Waals surface area (Å²) in [4.78, 5) is 12.3. The Kier molecular flexibility index (Phi) is 5.82. The summed E-state index contributed by atoms with van der Waals surface area (Å²) in [5, 5.41) is 14.0. The van der Waals surface area contributed by atoms with Gasteiger partial charge in [-0.3, -0.25) is 0 Å². The largest absolute Gasteiger partial charge is 0.477 e. The molecule has 4 aromatic rings. The van der Waals surface area contributed by atoms with Crippen LogP contribution in [0.15, 0.2) is 66.7 Å². The summed E-state index contributed by atoms with van der Waals surface area (Å²) in [7, 11) is 0. The number of hydrogen-bond donors (Lipinski definition) is 2. The molecule has 0 radical (unpaired) electrons. The smallest absolute Gasteiger partial charge is 0.352 e. The zero-order valence-corrected chi connectivity index (χ0v) is 17.0. The molecule has 0 aliphatic carbocycles.